The molecule has 19 heavy (non-hydrogen) atoms. The first-order chi connectivity index (χ1) is 9.09. The van der Waals surface area contributed by atoms with E-state index in [1.807, 2.05) is 23.7 Å². The standard InChI is InChI=1S/C13H9ClN2O3/c1-16-10-4-2-3-9(14)7(10)5-11(16)12-8(13(17)18)6-15-19-12/h2-6H,1H3,(H,17,18). The molecule has 0 radical (unpaired) electrons. The van der Waals surface area contributed by atoms with Crippen LogP contribution in [0.2, 0.25) is 5.02 Å². The minimum Gasteiger partial charge on any atom is -0.477 e. The fourth-order valence-corrected chi connectivity index (χ4v) is 2.34. The van der Waals surface area contributed by atoms with Crippen molar-refractivity contribution in [3.05, 3.63) is 41.0 Å². The second kappa shape index (κ2) is 4.13. The van der Waals surface area contributed by atoms with Crippen LogP contribution in [-0.2, 0) is 7.05 Å². The normalized spacial score (nSPS) is 11.1. The summed E-state index contributed by atoms with van der Waals surface area (Å²) in [5.41, 5.74) is 1.55. The molecule has 0 unspecified atom stereocenters. The van der Waals surface area contributed by atoms with Gasteiger partial charge in [0, 0.05) is 23.0 Å². The Labute approximate surface area is 113 Å². The molecule has 0 fully saturated rings. The largest absolute Gasteiger partial charge is 0.477 e. The van der Waals surface area contributed by atoms with Crippen molar-refractivity contribution in [2.45, 2.75) is 0 Å². The Balaban J connectivity index is 2.32. The highest BCUT2D eigenvalue weighted by atomic mass is 35.5. The highest BCUT2D eigenvalue weighted by molar-refractivity contribution is 6.35. The Morgan fingerprint density at radius 3 is 2.95 bits per heavy atom. The van der Waals surface area contributed by atoms with Gasteiger partial charge in [-0.05, 0) is 18.2 Å². The van der Waals surface area contributed by atoms with E-state index in [-0.39, 0.29) is 11.3 Å². The van der Waals surface area contributed by atoms with Crippen LogP contribution >= 0.6 is 11.6 Å². The Morgan fingerprint density at radius 1 is 1.47 bits per heavy atom. The lowest BCUT2D eigenvalue weighted by atomic mass is 10.2. The summed E-state index contributed by atoms with van der Waals surface area (Å²) in [6.45, 7) is 0. The Kier molecular flexibility index (Phi) is 2.57. The molecule has 0 saturated carbocycles. The van der Waals surface area contributed by atoms with Gasteiger partial charge in [-0.3, -0.25) is 0 Å². The second-order valence-electron chi connectivity index (χ2n) is 4.13. The first-order valence-corrected chi connectivity index (χ1v) is 5.89. The molecular weight excluding hydrogens is 268 g/mol. The number of aryl methyl sites for hydroxylation is 1. The number of halogens is 1. The molecule has 1 aromatic carbocycles. The molecule has 3 aromatic rings. The molecule has 0 saturated heterocycles. The van der Waals surface area contributed by atoms with Crippen molar-refractivity contribution in [1.82, 2.24) is 9.72 Å². The number of nitrogens with zero attached hydrogens (tertiary/aromatic N) is 2. The lowest BCUT2D eigenvalue weighted by molar-refractivity contribution is 0.0697. The number of carboxylic acid groups (broad SMARTS) is 1. The number of rotatable bonds is 2. The van der Waals surface area contributed by atoms with Crippen LogP contribution in [0, 0.1) is 0 Å². The van der Waals surface area contributed by atoms with Gasteiger partial charge < -0.3 is 14.2 Å². The Morgan fingerprint density at radius 2 is 2.26 bits per heavy atom. The van der Waals surface area contributed by atoms with Gasteiger partial charge in [0.15, 0.2) is 5.76 Å². The van der Waals surface area contributed by atoms with Crippen LogP contribution in [-0.4, -0.2) is 20.8 Å². The van der Waals surface area contributed by atoms with Crippen LogP contribution in [0.5, 0.6) is 0 Å². The summed E-state index contributed by atoms with van der Waals surface area (Å²) in [7, 11) is 1.82. The minimum atomic E-state index is -1.08. The Bertz CT molecular complexity index is 788. The van der Waals surface area contributed by atoms with Gasteiger partial charge in [0.05, 0.1) is 11.9 Å². The molecule has 6 heteroatoms. The van der Waals surface area contributed by atoms with Crippen LogP contribution < -0.4 is 0 Å². The molecule has 2 heterocycles. The van der Waals surface area contributed by atoms with E-state index in [1.54, 1.807) is 12.1 Å². The highest BCUT2D eigenvalue weighted by Gasteiger charge is 2.21. The van der Waals surface area contributed by atoms with Gasteiger partial charge in [-0.15, -0.1) is 0 Å². The monoisotopic (exact) mass is 276 g/mol. The molecule has 0 atom stereocenters. The number of carboxylic acids is 1. The van der Waals surface area contributed by atoms with Gasteiger partial charge in [0.1, 0.15) is 5.56 Å². The van der Waals surface area contributed by atoms with E-state index in [4.69, 9.17) is 21.2 Å². The number of aromatic nitrogens is 2. The average molecular weight is 277 g/mol. The maximum atomic E-state index is 11.1. The summed E-state index contributed by atoms with van der Waals surface area (Å²) in [6.07, 6.45) is 1.19. The molecule has 3 rings (SSSR count). The summed E-state index contributed by atoms with van der Waals surface area (Å²) < 4.78 is 6.90. The number of hydrogen-bond acceptors (Lipinski definition) is 3. The minimum absolute atomic E-state index is 0.0297. The maximum absolute atomic E-state index is 11.1. The number of hydrogen-bond donors (Lipinski definition) is 1. The maximum Gasteiger partial charge on any atom is 0.341 e. The van der Waals surface area contributed by atoms with Gasteiger partial charge in [0.2, 0.25) is 0 Å². The summed E-state index contributed by atoms with van der Waals surface area (Å²) in [4.78, 5) is 11.1. The average Bonchev–Trinajstić information content (AvgIpc) is 2.95. The zero-order chi connectivity index (χ0) is 13.6. The molecule has 2 aromatic heterocycles. The van der Waals surface area contributed by atoms with Crippen LogP contribution in [0.3, 0.4) is 0 Å². The zero-order valence-corrected chi connectivity index (χ0v) is 10.7. The summed E-state index contributed by atoms with van der Waals surface area (Å²) in [5.74, 6) is -0.852. The van der Waals surface area contributed by atoms with Crippen molar-refractivity contribution in [3.8, 4) is 11.5 Å². The molecule has 0 amide bonds. The third-order valence-corrected chi connectivity index (χ3v) is 3.40. The van der Waals surface area contributed by atoms with Crippen molar-refractivity contribution in [1.29, 1.82) is 0 Å². The number of benzene rings is 1. The van der Waals surface area contributed by atoms with Gasteiger partial charge >= 0.3 is 5.97 Å². The number of carbonyl (C=O) groups is 1. The molecular formula is C13H9ClN2O3. The predicted molar refractivity (Wildman–Crippen MR) is 70.4 cm³/mol. The van der Waals surface area contributed by atoms with Crippen molar-refractivity contribution in [2.24, 2.45) is 7.05 Å². The highest BCUT2D eigenvalue weighted by Crippen LogP contribution is 2.32. The van der Waals surface area contributed by atoms with E-state index < -0.39 is 5.97 Å². The van der Waals surface area contributed by atoms with Crippen molar-refractivity contribution in [2.75, 3.05) is 0 Å². The molecule has 5 nitrogen and oxygen atoms in total. The van der Waals surface area contributed by atoms with E-state index in [1.165, 1.54) is 6.20 Å². The summed E-state index contributed by atoms with van der Waals surface area (Å²) in [5, 5.41) is 14.1. The topological polar surface area (TPSA) is 68.3 Å². The number of fused-ring (bicyclic) bond motifs is 1. The van der Waals surface area contributed by atoms with Gasteiger partial charge in [-0.2, -0.15) is 0 Å². The Hall–Kier alpha value is -2.27. The van der Waals surface area contributed by atoms with E-state index in [9.17, 15) is 4.79 Å². The molecule has 0 aliphatic rings. The van der Waals surface area contributed by atoms with Crippen molar-refractivity contribution in [3.63, 3.8) is 0 Å². The fourth-order valence-electron chi connectivity index (χ4n) is 2.12. The molecule has 96 valence electrons. The molecule has 0 spiro atoms. The quantitative estimate of drug-likeness (QED) is 0.780. The van der Waals surface area contributed by atoms with Crippen LogP contribution in [0.15, 0.2) is 35.0 Å². The second-order valence-corrected chi connectivity index (χ2v) is 4.54. The van der Waals surface area contributed by atoms with Crippen LogP contribution in [0.1, 0.15) is 10.4 Å². The van der Waals surface area contributed by atoms with Crippen LogP contribution in [0.25, 0.3) is 22.4 Å². The van der Waals surface area contributed by atoms with E-state index >= 15 is 0 Å². The van der Waals surface area contributed by atoms with Gasteiger partial charge in [-0.25, -0.2) is 4.79 Å². The zero-order valence-electron chi connectivity index (χ0n) is 9.92. The van der Waals surface area contributed by atoms with Gasteiger partial charge in [0.25, 0.3) is 0 Å². The van der Waals surface area contributed by atoms with Gasteiger partial charge in [-0.1, -0.05) is 22.8 Å². The van der Waals surface area contributed by atoms with Crippen molar-refractivity contribution < 1.29 is 14.4 Å². The third-order valence-electron chi connectivity index (χ3n) is 3.07. The predicted octanol–water partition coefficient (Wildman–Crippen LogP) is 3.18. The lowest BCUT2D eigenvalue weighted by Gasteiger charge is -2.01. The first-order valence-electron chi connectivity index (χ1n) is 5.52. The van der Waals surface area contributed by atoms with E-state index in [0.717, 1.165) is 10.9 Å². The van der Waals surface area contributed by atoms with Crippen molar-refractivity contribution >= 4 is 28.5 Å². The molecule has 0 aliphatic heterocycles. The third kappa shape index (κ3) is 1.70. The summed E-state index contributed by atoms with van der Waals surface area (Å²) in [6, 6.07) is 7.32. The molecule has 1 N–H and O–H groups in total. The fraction of sp³-hybridized carbons (Fsp3) is 0.0769. The SMILES string of the molecule is Cn1c(-c2oncc2C(=O)O)cc2c(Cl)cccc21. The lowest BCUT2D eigenvalue weighted by Crippen LogP contribution is -1.98. The first kappa shape index (κ1) is 11.8. The van der Waals surface area contributed by atoms with E-state index in [0.29, 0.717) is 10.7 Å². The smallest absolute Gasteiger partial charge is 0.341 e. The molecule has 0 bridgehead atoms. The number of aromatic carboxylic acids is 1. The van der Waals surface area contributed by atoms with Crippen LogP contribution in [0.4, 0.5) is 0 Å². The summed E-state index contributed by atoms with van der Waals surface area (Å²) >= 11 is 6.13. The van der Waals surface area contributed by atoms with E-state index in [2.05, 4.69) is 5.16 Å². The molecule has 0 aliphatic carbocycles.